The molecule has 0 radical (unpaired) electrons. The maximum absolute atomic E-state index is 11.0. The summed E-state index contributed by atoms with van der Waals surface area (Å²) in [5.74, 6) is 0.761. The summed E-state index contributed by atoms with van der Waals surface area (Å²) in [5.41, 5.74) is 1.69. The Balaban J connectivity index is 2.08. The second-order valence-electron chi connectivity index (χ2n) is 4.27. The Labute approximate surface area is 120 Å². The first-order valence-corrected chi connectivity index (χ1v) is 6.73. The van der Waals surface area contributed by atoms with E-state index in [1.54, 1.807) is 0 Å². The molecular weight excluding hydrogens is 308 g/mol. The molecule has 2 N–H and O–H groups in total. The van der Waals surface area contributed by atoms with E-state index in [0.29, 0.717) is 4.67 Å². The van der Waals surface area contributed by atoms with Gasteiger partial charge in [0.25, 0.3) is 0 Å². The van der Waals surface area contributed by atoms with Gasteiger partial charge in [0.1, 0.15) is 5.76 Å². The van der Waals surface area contributed by atoms with Gasteiger partial charge in [-0.2, -0.15) is 0 Å². The summed E-state index contributed by atoms with van der Waals surface area (Å²) in [6.07, 6.45) is 0. The highest BCUT2D eigenvalue weighted by Gasteiger charge is 2.09. The molecule has 0 saturated carbocycles. The van der Waals surface area contributed by atoms with Gasteiger partial charge in [-0.25, -0.2) is 0 Å². The minimum Gasteiger partial charge on any atom is -0.452 e. The van der Waals surface area contributed by atoms with Crippen LogP contribution in [0.5, 0.6) is 0 Å². The van der Waals surface area contributed by atoms with E-state index in [1.807, 2.05) is 43.3 Å². The fraction of sp³-hybridized carbons (Fsp3) is 0.214. The largest absolute Gasteiger partial charge is 0.452 e. The number of hydrogen-bond acceptors (Lipinski definition) is 3. The third kappa shape index (κ3) is 3.86. The number of rotatable bonds is 4. The molecule has 0 aliphatic rings. The molecule has 1 aromatic heterocycles. The number of anilines is 2. The lowest BCUT2D eigenvalue weighted by Crippen LogP contribution is -2.08. The lowest BCUT2D eigenvalue weighted by molar-refractivity contribution is -0.114. The van der Waals surface area contributed by atoms with E-state index in [0.717, 1.165) is 17.1 Å². The topological polar surface area (TPSA) is 54.3 Å². The fourth-order valence-corrected chi connectivity index (χ4v) is 2.09. The molecule has 2 rings (SSSR count). The van der Waals surface area contributed by atoms with Gasteiger partial charge in [-0.05, 0) is 53.2 Å². The number of amides is 1. The molecule has 0 saturated heterocycles. The van der Waals surface area contributed by atoms with Crippen LogP contribution in [0.4, 0.5) is 11.4 Å². The molecule has 1 amide bonds. The Morgan fingerprint density at radius 3 is 2.63 bits per heavy atom. The van der Waals surface area contributed by atoms with Crippen molar-refractivity contribution in [3.8, 4) is 0 Å². The van der Waals surface area contributed by atoms with Crippen LogP contribution in [0.25, 0.3) is 0 Å². The first kappa shape index (κ1) is 13.7. The Morgan fingerprint density at radius 2 is 2.00 bits per heavy atom. The Hall–Kier alpha value is -1.75. The van der Waals surface area contributed by atoms with E-state index in [1.165, 1.54) is 6.92 Å². The van der Waals surface area contributed by atoms with Crippen molar-refractivity contribution in [1.82, 2.24) is 0 Å². The first-order chi connectivity index (χ1) is 9.04. The van der Waals surface area contributed by atoms with Gasteiger partial charge in [-0.1, -0.05) is 6.07 Å². The molecule has 1 heterocycles. The van der Waals surface area contributed by atoms with E-state index < -0.39 is 0 Å². The SMILES string of the molecule is CC(=O)Nc1cccc(NC(C)c2ccc(Br)o2)c1. The zero-order valence-electron chi connectivity index (χ0n) is 10.7. The van der Waals surface area contributed by atoms with Crippen molar-refractivity contribution < 1.29 is 9.21 Å². The van der Waals surface area contributed by atoms with Gasteiger partial charge in [0, 0.05) is 18.3 Å². The zero-order valence-corrected chi connectivity index (χ0v) is 12.3. The number of carbonyl (C=O) groups excluding carboxylic acids is 1. The van der Waals surface area contributed by atoms with Gasteiger partial charge >= 0.3 is 0 Å². The maximum Gasteiger partial charge on any atom is 0.221 e. The molecule has 2 aromatic rings. The van der Waals surface area contributed by atoms with Crippen molar-refractivity contribution in [2.45, 2.75) is 19.9 Å². The predicted octanol–water partition coefficient (Wildman–Crippen LogP) is 4.17. The lowest BCUT2D eigenvalue weighted by Gasteiger charge is -2.14. The van der Waals surface area contributed by atoms with Crippen LogP contribution >= 0.6 is 15.9 Å². The summed E-state index contributed by atoms with van der Waals surface area (Å²) in [4.78, 5) is 11.0. The Kier molecular flexibility index (Phi) is 4.27. The highest BCUT2D eigenvalue weighted by molar-refractivity contribution is 9.10. The third-order valence-corrected chi connectivity index (χ3v) is 3.01. The van der Waals surface area contributed by atoms with E-state index >= 15 is 0 Å². The molecule has 100 valence electrons. The van der Waals surface area contributed by atoms with Crippen LogP contribution in [0.15, 0.2) is 45.5 Å². The van der Waals surface area contributed by atoms with Crippen LogP contribution in [-0.4, -0.2) is 5.91 Å². The molecule has 1 aromatic carbocycles. The monoisotopic (exact) mass is 322 g/mol. The van der Waals surface area contributed by atoms with Crippen LogP contribution in [0, 0.1) is 0 Å². The molecule has 4 nitrogen and oxygen atoms in total. The molecular formula is C14H15BrN2O2. The smallest absolute Gasteiger partial charge is 0.221 e. The number of halogens is 1. The van der Waals surface area contributed by atoms with Crippen LogP contribution in [-0.2, 0) is 4.79 Å². The summed E-state index contributed by atoms with van der Waals surface area (Å²) in [7, 11) is 0. The molecule has 0 spiro atoms. The molecule has 19 heavy (non-hydrogen) atoms. The average Bonchev–Trinajstić information content (AvgIpc) is 2.75. The Morgan fingerprint density at radius 1 is 1.26 bits per heavy atom. The Bertz CT molecular complexity index is 580. The van der Waals surface area contributed by atoms with Gasteiger partial charge < -0.3 is 15.1 Å². The standard InChI is InChI=1S/C14H15BrN2O2/c1-9(13-6-7-14(15)19-13)16-11-4-3-5-12(8-11)17-10(2)18/h3-9,16H,1-2H3,(H,17,18). The zero-order chi connectivity index (χ0) is 13.8. The van der Waals surface area contributed by atoms with Crippen molar-refractivity contribution in [2.75, 3.05) is 10.6 Å². The second kappa shape index (κ2) is 5.93. The number of nitrogens with one attached hydrogen (secondary N) is 2. The maximum atomic E-state index is 11.0. The number of hydrogen-bond donors (Lipinski definition) is 2. The minimum absolute atomic E-state index is 0.0406. The van der Waals surface area contributed by atoms with Crippen molar-refractivity contribution in [3.05, 3.63) is 46.8 Å². The molecule has 5 heteroatoms. The summed E-state index contributed by atoms with van der Waals surface area (Å²) in [6.45, 7) is 3.50. The van der Waals surface area contributed by atoms with Gasteiger partial charge in [0.05, 0.1) is 6.04 Å². The van der Waals surface area contributed by atoms with Crippen molar-refractivity contribution in [3.63, 3.8) is 0 Å². The first-order valence-electron chi connectivity index (χ1n) is 5.94. The number of benzene rings is 1. The fourth-order valence-electron chi connectivity index (χ4n) is 1.77. The quantitative estimate of drug-likeness (QED) is 0.888. The molecule has 0 aliphatic carbocycles. The summed E-state index contributed by atoms with van der Waals surface area (Å²) in [5, 5.41) is 6.07. The second-order valence-corrected chi connectivity index (χ2v) is 5.05. The minimum atomic E-state index is -0.0832. The van der Waals surface area contributed by atoms with Gasteiger partial charge in [0.2, 0.25) is 5.91 Å². The van der Waals surface area contributed by atoms with Crippen molar-refractivity contribution in [1.29, 1.82) is 0 Å². The molecule has 0 bridgehead atoms. The van der Waals surface area contributed by atoms with Crippen LogP contribution in [0.2, 0.25) is 0 Å². The summed E-state index contributed by atoms with van der Waals surface area (Å²) in [6, 6.07) is 11.4. The number of carbonyl (C=O) groups is 1. The van der Waals surface area contributed by atoms with E-state index in [4.69, 9.17) is 4.42 Å². The average molecular weight is 323 g/mol. The van der Waals surface area contributed by atoms with Crippen molar-refractivity contribution >= 4 is 33.2 Å². The molecule has 0 fully saturated rings. The van der Waals surface area contributed by atoms with Crippen molar-refractivity contribution in [2.24, 2.45) is 0 Å². The number of furan rings is 1. The summed E-state index contributed by atoms with van der Waals surface area (Å²) < 4.78 is 6.21. The van der Waals surface area contributed by atoms with E-state index in [-0.39, 0.29) is 11.9 Å². The van der Waals surface area contributed by atoms with Crippen LogP contribution in [0.1, 0.15) is 25.6 Å². The van der Waals surface area contributed by atoms with Gasteiger partial charge in [-0.15, -0.1) is 0 Å². The van der Waals surface area contributed by atoms with E-state index in [2.05, 4.69) is 26.6 Å². The third-order valence-electron chi connectivity index (χ3n) is 2.59. The summed E-state index contributed by atoms with van der Waals surface area (Å²) >= 11 is 3.28. The molecule has 0 aliphatic heterocycles. The highest BCUT2D eigenvalue weighted by atomic mass is 79.9. The lowest BCUT2D eigenvalue weighted by atomic mass is 10.2. The normalized spacial score (nSPS) is 11.9. The highest BCUT2D eigenvalue weighted by Crippen LogP contribution is 2.24. The van der Waals surface area contributed by atoms with Gasteiger partial charge in [-0.3, -0.25) is 4.79 Å². The van der Waals surface area contributed by atoms with Crippen LogP contribution in [0.3, 0.4) is 0 Å². The molecule has 1 unspecified atom stereocenters. The van der Waals surface area contributed by atoms with Gasteiger partial charge in [0.15, 0.2) is 4.67 Å². The predicted molar refractivity (Wildman–Crippen MR) is 79.2 cm³/mol. The van der Waals surface area contributed by atoms with Crippen LogP contribution < -0.4 is 10.6 Å². The molecule has 1 atom stereocenters. The van der Waals surface area contributed by atoms with E-state index in [9.17, 15) is 4.79 Å².